The number of nitrogens with zero attached hydrogens (tertiary/aromatic N) is 3. The smallest absolute Gasteiger partial charge is 0.220 e. The number of aromatic nitrogens is 3. The second kappa shape index (κ2) is 7.05. The molecule has 0 fully saturated rings. The lowest BCUT2D eigenvalue weighted by Gasteiger charge is -2.19. The number of carbonyl (C=O) groups excluding carboxylic acids is 1. The van der Waals surface area contributed by atoms with E-state index < -0.39 is 0 Å². The highest BCUT2D eigenvalue weighted by molar-refractivity contribution is 5.76. The van der Waals surface area contributed by atoms with E-state index in [0.717, 1.165) is 17.9 Å². The Labute approximate surface area is 148 Å². The molecule has 0 spiro atoms. The van der Waals surface area contributed by atoms with E-state index in [0.29, 0.717) is 13.0 Å². The first kappa shape index (κ1) is 17.1. The molecule has 0 saturated carbocycles. The van der Waals surface area contributed by atoms with E-state index in [1.165, 1.54) is 11.1 Å². The third-order valence-electron chi connectivity index (χ3n) is 4.29. The molecule has 0 aliphatic carbocycles. The molecule has 1 N–H and O–H groups in total. The average Bonchev–Trinajstić information content (AvgIpc) is 3.01. The number of nitrogens with one attached hydrogen (secondary N) is 1. The maximum atomic E-state index is 12.1. The average molecular weight is 336 g/mol. The predicted molar refractivity (Wildman–Crippen MR) is 98.3 cm³/mol. The Kier molecular flexibility index (Phi) is 4.83. The molecular formula is C20H24N4O. The van der Waals surface area contributed by atoms with Crippen molar-refractivity contribution in [1.29, 1.82) is 0 Å². The third-order valence-corrected chi connectivity index (χ3v) is 4.29. The lowest BCUT2D eigenvalue weighted by Crippen LogP contribution is -2.24. The van der Waals surface area contributed by atoms with Gasteiger partial charge in [-0.1, -0.05) is 51.1 Å². The summed E-state index contributed by atoms with van der Waals surface area (Å²) in [6, 6.07) is 14.2. The highest BCUT2D eigenvalue weighted by Gasteiger charge is 2.13. The Morgan fingerprint density at radius 2 is 1.84 bits per heavy atom. The van der Waals surface area contributed by atoms with Crippen LogP contribution in [0.5, 0.6) is 0 Å². The van der Waals surface area contributed by atoms with Gasteiger partial charge in [0, 0.05) is 12.6 Å². The Morgan fingerprint density at radius 1 is 1.08 bits per heavy atom. The van der Waals surface area contributed by atoms with Crippen molar-refractivity contribution in [2.24, 2.45) is 0 Å². The molecule has 1 amide bonds. The first-order valence-corrected chi connectivity index (χ1v) is 8.58. The van der Waals surface area contributed by atoms with Crippen molar-refractivity contribution >= 4 is 11.6 Å². The first-order chi connectivity index (χ1) is 11.9. The number of fused-ring (bicyclic) bond motifs is 1. The maximum absolute atomic E-state index is 12.1. The van der Waals surface area contributed by atoms with Crippen LogP contribution in [-0.4, -0.2) is 20.5 Å². The fraction of sp³-hybridized carbons (Fsp3) is 0.350. The standard InChI is InChI=1S/C20H24N4O/c1-20(2,3)16-10-7-15(8-11-16)9-12-19(25)21-14-18-23-22-17-6-4-5-13-24(17)18/h4-8,10-11,13H,9,12,14H2,1-3H3,(H,21,25). The molecule has 0 radical (unpaired) electrons. The first-order valence-electron chi connectivity index (χ1n) is 8.58. The highest BCUT2D eigenvalue weighted by Crippen LogP contribution is 2.22. The van der Waals surface area contributed by atoms with Gasteiger partial charge in [0.05, 0.1) is 6.54 Å². The van der Waals surface area contributed by atoms with Crippen LogP contribution in [0, 0.1) is 0 Å². The van der Waals surface area contributed by atoms with Gasteiger partial charge in [0.2, 0.25) is 5.91 Å². The summed E-state index contributed by atoms with van der Waals surface area (Å²) in [6.07, 6.45) is 3.09. The van der Waals surface area contributed by atoms with Crippen molar-refractivity contribution < 1.29 is 4.79 Å². The molecule has 0 aliphatic rings. The Morgan fingerprint density at radius 3 is 2.56 bits per heavy atom. The summed E-state index contributed by atoms with van der Waals surface area (Å²) in [5, 5.41) is 11.1. The zero-order valence-electron chi connectivity index (χ0n) is 15.0. The number of pyridine rings is 1. The minimum Gasteiger partial charge on any atom is -0.349 e. The van der Waals surface area contributed by atoms with E-state index in [2.05, 4.69) is 60.6 Å². The molecule has 0 bridgehead atoms. The lowest BCUT2D eigenvalue weighted by atomic mass is 9.86. The topological polar surface area (TPSA) is 59.3 Å². The lowest BCUT2D eigenvalue weighted by molar-refractivity contribution is -0.121. The monoisotopic (exact) mass is 336 g/mol. The molecule has 0 unspecified atom stereocenters. The van der Waals surface area contributed by atoms with Gasteiger partial charge in [0.25, 0.3) is 0 Å². The Hall–Kier alpha value is -2.69. The van der Waals surface area contributed by atoms with Gasteiger partial charge < -0.3 is 5.32 Å². The van der Waals surface area contributed by atoms with Crippen LogP contribution in [0.1, 0.15) is 44.1 Å². The summed E-state index contributed by atoms with van der Waals surface area (Å²) >= 11 is 0. The maximum Gasteiger partial charge on any atom is 0.220 e. The molecule has 5 heteroatoms. The molecule has 3 aromatic rings. The molecule has 2 aromatic heterocycles. The fourth-order valence-electron chi connectivity index (χ4n) is 2.71. The van der Waals surface area contributed by atoms with Gasteiger partial charge in [-0.15, -0.1) is 10.2 Å². The summed E-state index contributed by atoms with van der Waals surface area (Å²) in [7, 11) is 0. The van der Waals surface area contributed by atoms with Crippen LogP contribution in [0.15, 0.2) is 48.7 Å². The molecule has 2 heterocycles. The number of carbonyl (C=O) groups is 1. The Balaban J connectivity index is 1.51. The Bertz CT molecular complexity index is 859. The van der Waals surface area contributed by atoms with Crippen molar-refractivity contribution in [1.82, 2.24) is 19.9 Å². The van der Waals surface area contributed by atoms with Crippen LogP contribution < -0.4 is 5.32 Å². The molecular weight excluding hydrogens is 312 g/mol. The van der Waals surface area contributed by atoms with E-state index in [1.54, 1.807) is 0 Å². The van der Waals surface area contributed by atoms with Gasteiger partial charge >= 0.3 is 0 Å². The van der Waals surface area contributed by atoms with Crippen molar-refractivity contribution in [3.63, 3.8) is 0 Å². The summed E-state index contributed by atoms with van der Waals surface area (Å²) in [5.74, 6) is 0.756. The van der Waals surface area contributed by atoms with Crippen LogP contribution in [0.4, 0.5) is 0 Å². The second-order valence-corrected chi connectivity index (χ2v) is 7.27. The SMILES string of the molecule is CC(C)(C)c1ccc(CCC(=O)NCc2nnc3ccccn23)cc1. The van der Waals surface area contributed by atoms with Crippen LogP contribution in [0.3, 0.4) is 0 Å². The van der Waals surface area contributed by atoms with E-state index in [-0.39, 0.29) is 11.3 Å². The predicted octanol–water partition coefficient (Wildman–Crippen LogP) is 3.28. The number of aryl methyl sites for hydroxylation is 1. The van der Waals surface area contributed by atoms with Gasteiger partial charge in [0.1, 0.15) is 0 Å². The number of hydrogen-bond donors (Lipinski definition) is 1. The van der Waals surface area contributed by atoms with Gasteiger partial charge in [-0.05, 0) is 35.1 Å². The van der Waals surface area contributed by atoms with Crippen molar-refractivity contribution in [3.05, 3.63) is 65.6 Å². The van der Waals surface area contributed by atoms with E-state index in [4.69, 9.17) is 0 Å². The van der Waals surface area contributed by atoms with Crippen molar-refractivity contribution in [2.45, 2.75) is 45.6 Å². The van der Waals surface area contributed by atoms with Gasteiger partial charge in [-0.2, -0.15) is 0 Å². The molecule has 3 rings (SSSR count). The largest absolute Gasteiger partial charge is 0.349 e. The quantitative estimate of drug-likeness (QED) is 0.778. The summed E-state index contributed by atoms with van der Waals surface area (Å²) in [5.41, 5.74) is 3.41. The molecule has 0 atom stereocenters. The summed E-state index contributed by atoms with van der Waals surface area (Å²) in [4.78, 5) is 12.1. The zero-order valence-corrected chi connectivity index (χ0v) is 15.0. The second-order valence-electron chi connectivity index (χ2n) is 7.27. The minimum atomic E-state index is 0.0209. The van der Waals surface area contributed by atoms with Crippen molar-refractivity contribution in [2.75, 3.05) is 0 Å². The van der Waals surface area contributed by atoms with Crippen LogP contribution in [0.25, 0.3) is 5.65 Å². The summed E-state index contributed by atoms with van der Waals surface area (Å²) in [6.45, 7) is 6.98. The van der Waals surface area contributed by atoms with Gasteiger partial charge in [-0.3, -0.25) is 9.20 Å². The van der Waals surface area contributed by atoms with E-state index in [9.17, 15) is 4.79 Å². The molecule has 0 saturated heterocycles. The summed E-state index contributed by atoms with van der Waals surface area (Å²) < 4.78 is 1.88. The fourth-order valence-corrected chi connectivity index (χ4v) is 2.71. The van der Waals surface area contributed by atoms with Crippen LogP contribution >= 0.6 is 0 Å². The van der Waals surface area contributed by atoms with Gasteiger partial charge in [0.15, 0.2) is 11.5 Å². The molecule has 0 aliphatic heterocycles. The van der Waals surface area contributed by atoms with Crippen LogP contribution in [0.2, 0.25) is 0 Å². The molecule has 5 nitrogen and oxygen atoms in total. The van der Waals surface area contributed by atoms with E-state index in [1.807, 2.05) is 28.8 Å². The van der Waals surface area contributed by atoms with Gasteiger partial charge in [-0.25, -0.2) is 0 Å². The van der Waals surface area contributed by atoms with Crippen LogP contribution in [-0.2, 0) is 23.2 Å². The number of amides is 1. The number of rotatable bonds is 5. The van der Waals surface area contributed by atoms with E-state index >= 15 is 0 Å². The van der Waals surface area contributed by atoms with Crippen molar-refractivity contribution in [3.8, 4) is 0 Å². The number of benzene rings is 1. The molecule has 130 valence electrons. The molecule has 25 heavy (non-hydrogen) atoms. The normalized spacial score (nSPS) is 11.6. The third kappa shape index (κ3) is 4.24. The minimum absolute atomic E-state index is 0.0209. The molecule has 1 aromatic carbocycles. The zero-order chi connectivity index (χ0) is 17.9. The number of hydrogen-bond acceptors (Lipinski definition) is 3. The highest BCUT2D eigenvalue weighted by atomic mass is 16.1.